The van der Waals surface area contributed by atoms with Crippen molar-refractivity contribution in [2.75, 3.05) is 26.3 Å². The van der Waals surface area contributed by atoms with Crippen LogP contribution in [0.5, 0.6) is 17.2 Å². The van der Waals surface area contributed by atoms with Crippen molar-refractivity contribution in [3.63, 3.8) is 0 Å². The van der Waals surface area contributed by atoms with E-state index in [2.05, 4.69) is 10.4 Å². The fourth-order valence-corrected chi connectivity index (χ4v) is 3.57. The smallest absolute Gasteiger partial charge is 0.267 e. The van der Waals surface area contributed by atoms with Gasteiger partial charge in [-0.25, -0.2) is 5.01 Å². The van der Waals surface area contributed by atoms with Crippen molar-refractivity contribution in [1.29, 1.82) is 0 Å². The molecule has 0 saturated carbocycles. The zero-order valence-electron chi connectivity index (χ0n) is 19.3. The number of nitrogens with one attached hydrogen (secondary N) is 1. The summed E-state index contributed by atoms with van der Waals surface area (Å²) in [4.78, 5) is 25.5. The maximum atomic E-state index is 13.0. The van der Waals surface area contributed by atoms with Gasteiger partial charge >= 0.3 is 0 Å². The summed E-state index contributed by atoms with van der Waals surface area (Å²) in [6.45, 7) is 5.72. The summed E-state index contributed by atoms with van der Waals surface area (Å²) in [5.41, 5.74) is 3.72. The highest BCUT2D eigenvalue weighted by Crippen LogP contribution is 2.39. The van der Waals surface area contributed by atoms with Crippen LogP contribution in [-0.2, 0) is 9.59 Å². The van der Waals surface area contributed by atoms with E-state index in [-0.39, 0.29) is 30.7 Å². The molecule has 0 radical (unpaired) electrons. The maximum absolute atomic E-state index is 13.0. The Hall–Kier alpha value is -3.55. The van der Waals surface area contributed by atoms with Gasteiger partial charge in [0.05, 0.1) is 33.1 Å². The second-order valence-corrected chi connectivity index (χ2v) is 7.70. The summed E-state index contributed by atoms with van der Waals surface area (Å²) in [7, 11) is 4.62. The summed E-state index contributed by atoms with van der Waals surface area (Å²) >= 11 is 0. The first-order chi connectivity index (χ1) is 15.3. The topological polar surface area (TPSA) is 89.5 Å². The number of anilines is 1. The summed E-state index contributed by atoms with van der Waals surface area (Å²) in [6.07, 6.45) is 0.506. The molecule has 0 saturated heterocycles. The molecule has 0 aliphatic carbocycles. The van der Waals surface area contributed by atoms with Gasteiger partial charge < -0.3 is 19.5 Å². The van der Waals surface area contributed by atoms with Crippen LogP contribution in [0, 0.1) is 13.8 Å². The summed E-state index contributed by atoms with van der Waals surface area (Å²) in [5.74, 6) is 1.04. The molecule has 1 aliphatic rings. The Morgan fingerprint density at radius 3 is 2.28 bits per heavy atom. The van der Waals surface area contributed by atoms with E-state index < -0.39 is 0 Å². The van der Waals surface area contributed by atoms with E-state index in [1.54, 1.807) is 26.4 Å². The van der Waals surface area contributed by atoms with E-state index in [0.29, 0.717) is 28.6 Å². The third-order valence-electron chi connectivity index (χ3n) is 5.42. The van der Waals surface area contributed by atoms with Crippen LogP contribution in [0.4, 0.5) is 5.69 Å². The molecule has 1 unspecified atom stereocenters. The molecule has 32 heavy (non-hydrogen) atoms. The van der Waals surface area contributed by atoms with Gasteiger partial charge in [0, 0.05) is 12.8 Å². The predicted octanol–water partition coefficient (Wildman–Crippen LogP) is 3.69. The first kappa shape index (κ1) is 23.1. The predicted molar refractivity (Wildman–Crippen MR) is 123 cm³/mol. The van der Waals surface area contributed by atoms with E-state index in [1.807, 2.05) is 39.0 Å². The molecule has 0 fully saturated rings. The lowest BCUT2D eigenvalue weighted by molar-refractivity contribution is -0.119. The van der Waals surface area contributed by atoms with Crippen molar-refractivity contribution in [3.8, 4) is 17.2 Å². The van der Waals surface area contributed by atoms with Crippen LogP contribution in [0.1, 0.15) is 42.5 Å². The summed E-state index contributed by atoms with van der Waals surface area (Å²) < 4.78 is 16.2. The molecule has 0 spiro atoms. The highest BCUT2D eigenvalue weighted by molar-refractivity contribution is 6.40. The van der Waals surface area contributed by atoms with Gasteiger partial charge in [0.15, 0.2) is 11.5 Å². The van der Waals surface area contributed by atoms with Crippen molar-refractivity contribution < 1.29 is 23.8 Å². The Kier molecular flexibility index (Phi) is 7.02. The highest BCUT2D eigenvalue weighted by atomic mass is 16.5. The number of hydrogen-bond donors (Lipinski definition) is 1. The highest BCUT2D eigenvalue weighted by Gasteiger charge is 2.27. The average Bonchev–Trinajstić information content (AvgIpc) is 2.79. The number of ether oxygens (including phenoxy) is 3. The second kappa shape index (κ2) is 9.72. The normalized spacial score (nSPS) is 14.5. The minimum atomic E-state index is -0.356. The van der Waals surface area contributed by atoms with Crippen molar-refractivity contribution in [2.24, 2.45) is 5.10 Å². The third-order valence-corrected chi connectivity index (χ3v) is 5.42. The van der Waals surface area contributed by atoms with Gasteiger partial charge in [-0.3, -0.25) is 9.59 Å². The number of methoxy groups -OCH3 is 3. The molecule has 8 nitrogen and oxygen atoms in total. The lowest BCUT2D eigenvalue weighted by Crippen LogP contribution is -2.40. The van der Waals surface area contributed by atoms with Crippen LogP contribution < -0.4 is 24.5 Å². The molecule has 1 aliphatic heterocycles. The average molecular weight is 440 g/mol. The Labute approximate surface area is 188 Å². The first-order valence-electron chi connectivity index (χ1n) is 10.4. The third kappa shape index (κ3) is 4.69. The quantitative estimate of drug-likeness (QED) is 0.711. The molecule has 3 rings (SSSR count). The molecule has 2 amide bonds. The zero-order chi connectivity index (χ0) is 23.4. The van der Waals surface area contributed by atoms with E-state index >= 15 is 0 Å². The molecule has 8 heteroatoms. The van der Waals surface area contributed by atoms with Crippen LogP contribution in [-0.4, -0.2) is 38.9 Å². The Balaban J connectivity index is 1.85. The van der Waals surface area contributed by atoms with Crippen LogP contribution in [0.25, 0.3) is 0 Å². The molecule has 2 aromatic rings. The number of benzene rings is 2. The zero-order valence-corrected chi connectivity index (χ0v) is 19.3. The van der Waals surface area contributed by atoms with E-state index in [9.17, 15) is 9.59 Å². The van der Waals surface area contributed by atoms with Crippen molar-refractivity contribution in [3.05, 3.63) is 47.0 Å². The standard InChI is InChI=1S/C24H29N3O5/c1-14-7-8-15(2)19(11-14)27-22(28)10-9-18(26-27)24(29)25-16(3)17-12-20(30-4)23(32-6)21(13-17)31-5/h7-8,11-13,16H,9-10H2,1-6H3,(H,25,29). The lowest BCUT2D eigenvalue weighted by Gasteiger charge is -2.25. The van der Waals surface area contributed by atoms with Crippen LogP contribution in [0.15, 0.2) is 35.4 Å². The number of rotatable bonds is 7. The van der Waals surface area contributed by atoms with Crippen LogP contribution >= 0.6 is 0 Å². The summed E-state index contributed by atoms with van der Waals surface area (Å²) in [5, 5.41) is 8.69. The van der Waals surface area contributed by atoms with Crippen molar-refractivity contribution in [2.45, 2.75) is 39.7 Å². The Morgan fingerprint density at radius 2 is 1.69 bits per heavy atom. The lowest BCUT2D eigenvalue weighted by atomic mass is 10.1. The second-order valence-electron chi connectivity index (χ2n) is 7.70. The molecule has 170 valence electrons. The number of nitrogens with zero attached hydrogens (tertiary/aromatic N) is 2. The molecule has 1 heterocycles. The monoisotopic (exact) mass is 439 g/mol. The SMILES string of the molecule is COc1cc(C(C)NC(=O)C2=NN(c3cc(C)ccc3C)C(=O)CC2)cc(OC)c1OC. The number of aryl methyl sites for hydroxylation is 2. The number of hydrogen-bond acceptors (Lipinski definition) is 6. The van der Waals surface area contributed by atoms with E-state index in [4.69, 9.17) is 14.2 Å². The number of carbonyl (C=O) groups excluding carboxylic acids is 2. The van der Waals surface area contributed by atoms with Gasteiger partial charge in [-0.2, -0.15) is 5.10 Å². The largest absolute Gasteiger partial charge is 0.493 e. The van der Waals surface area contributed by atoms with Gasteiger partial charge in [-0.15, -0.1) is 0 Å². The number of amides is 2. The van der Waals surface area contributed by atoms with Gasteiger partial charge in [0.1, 0.15) is 5.71 Å². The number of carbonyl (C=O) groups is 2. The van der Waals surface area contributed by atoms with Crippen LogP contribution in [0.3, 0.4) is 0 Å². The van der Waals surface area contributed by atoms with Gasteiger partial charge in [-0.1, -0.05) is 12.1 Å². The molecule has 1 atom stereocenters. The fourth-order valence-electron chi connectivity index (χ4n) is 3.57. The van der Waals surface area contributed by atoms with E-state index in [1.165, 1.54) is 12.1 Å². The Morgan fingerprint density at radius 1 is 1.03 bits per heavy atom. The molecule has 1 N–H and O–H groups in total. The summed E-state index contributed by atoms with van der Waals surface area (Å²) in [6, 6.07) is 9.04. The molecule has 2 aromatic carbocycles. The molecular formula is C24H29N3O5. The molecule has 0 bridgehead atoms. The van der Waals surface area contributed by atoms with Gasteiger partial charge in [0.2, 0.25) is 11.7 Å². The molecular weight excluding hydrogens is 410 g/mol. The maximum Gasteiger partial charge on any atom is 0.267 e. The Bertz CT molecular complexity index is 1040. The van der Waals surface area contributed by atoms with Crippen molar-refractivity contribution in [1.82, 2.24) is 5.32 Å². The number of hydrazone groups is 1. The molecule has 0 aromatic heterocycles. The van der Waals surface area contributed by atoms with Gasteiger partial charge in [0.25, 0.3) is 5.91 Å². The van der Waals surface area contributed by atoms with Crippen LogP contribution in [0.2, 0.25) is 0 Å². The van der Waals surface area contributed by atoms with Gasteiger partial charge in [-0.05, 0) is 55.7 Å². The first-order valence-corrected chi connectivity index (χ1v) is 10.4. The fraction of sp³-hybridized carbons (Fsp3) is 0.375. The minimum absolute atomic E-state index is 0.132. The van der Waals surface area contributed by atoms with Crippen molar-refractivity contribution >= 4 is 23.2 Å². The van der Waals surface area contributed by atoms with E-state index in [0.717, 1.165) is 16.7 Å². The minimum Gasteiger partial charge on any atom is -0.493 e.